The summed E-state index contributed by atoms with van der Waals surface area (Å²) < 4.78 is 47.8. The van der Waals surface area contributed by atoms with Gasteiger partial charge in [0.2, 0.25) is 11.0 Å². The molecular formula is C26H25FN4O4S. The predicted molar refractivity (Wildman–Crippen MR) is 134 cm³/mol. The standard InChI is InChI=1S/C26H25FN4O4S/c1-28-24-11-9-19(15-29-24)17-8-10-21(27)20(13-17)16-30-26(32)22-6-4-12-31(22)36(33,34)25-14-18-5-2-3-7-23(18)35-25/h2-3,5,7-11,13-15,22H,4,6,12,16H2,1H3,(H,28,29)(H,30,32)/t22-/m0/s1. The van der Waals surface area contributed by atoms with Gasteiger partial charge in [-0.1, -0.05) is 24.3 Å². The summed E-state index contributed by atoms with van der Waals surface area (Å²) in [5.41, 5.74) is 2.32. The van der Waals surface area contributed by atoms with Crippen molar-refractivity contribution in [1.82, 2.24) is 14.6 Å². The summed E-state index contributed by atoms with van der Waals surface area (Å²) in [7, 11) is -2.24. The van der Waals surface area contributed by atoms with Crippen LogP contribution in [0.1, 0.15) is 18.4 Å². The quantitative estimate of drug-likeness (QED) is 0.389. The Balaban J connectivity index is 1.31. The lowest BCUT2D eigenvalue weighted by molar-refractivity contribution is -0.124. The highest BCUT2D eigenvalue weighted by Gasteiger charge is 2.41. The molecule has 1 saturated heterocycles. The molecule has 2 aromatic heterocycles. The van der Waals surface area contributed by atoms with Gasteiger partial charge in [-0.05, 0) is 48.7 Å². The third-order valence-electron chi connectivity index (χ3n) is 6.32. The van der Waals surface area contributed by atoms with E-state index in [1.54, 1.807) is 49.6 Å². The Morgan fingerprint density at radius 3 is 2.69 bits per heavy atom. The number of fused-ring (bicyclic) bond motifs is 1. The van der Waals surface area contributed by atoms with Gasteiger partial charge in [-0.2, -0.15) is 4.31 Å². The van der Waals surface area contributed by atoms with Crippen LogP contribution in [0.15, 0.2) is 76.4 Å². The lowest BCUT2D eigenvalue weighted by Gasteiger charge is -2.22. The van der Waals surface area contributed by atoms with Gasteiger partial charge in [0.05, 0.1) is 0 Å². The number of hydrogen-bond donors (Lipinski definition) is 2. The number of amides is 1. The van der Waals surface area contributed by atoms with Crippen molar-refractivity contribution in [1.29, 1.82) is 0 Å². The second kappa shape index (κ2) is 9.71. The van der Waals surface area contributed by atoms with E-state index < -0.39 is 27.8 Å². The molecule has 36 heavy (non-hydrogen) atoms. The molecule has 3 heterocycles. The topological polar surface area (TPSA) is 105 Å². The number of pyridine rings is 1. The largest absolute Gasteiger partial charge is 0.443 e. The SMILES string of the molecule is CNc1ccc(-c2ccc(F)c(CNC(=O)[C@@H]3CCCN3S(=O)(=O)c3cc4ccccc4o3)c2)cn1. The number of anilines is 1. The fourth-order valence-electron chi connectivity index (χ4n) is 4.39. The van der Waals surface area contributed by atoms with Gasteiger partial charge in [-0.3, -0.25) is 4.79 Å². The smallest absolute Gasteiger partial charge is 0.277 e. The van der Waals surface area contributed by atoms with Gasteiger partial charge >= 0.3 is 0 Å². The summed E-state index contributed by atoms with van der Waals surface area (Å²) in [5.74, 6) is -0.221. The van der Waals surface area contributed by atoms with Crippen molar-refractivity contribution < 1.29 is 22.0 Å². The van der Waals surface area contributed by atoms with Gasteiger partial charge in [0.15, 0.2) is 0 Å². The lowest BCUT2D eigenvalue weighted by atomic mass is 10.0. The Bertz CT molecular complexity index is 1490. The summed E-state index contributed by atoms with van der Waals surface area (Å²) in [5, 5.41) is 6.14. The maximum Gasteiger partial charge on any atom is 0.277 e. The van der Waals surface area contributed by atoms with Gasteiger partial charge in [0.25, 0.3) is 10.0 Å². The molecule has 10 heteroatoms. The van der Waals surface area contributed by atoms with Crippen molar-refractivity contribution >= 4 is 32.7 Å². The molecule has 0 bridgehead atoms. The Kier molecular flexibility index (Phi) is 6.46. The van der Waals surface area contributed by atoms with Crippen LogP contribution in [0.25, 0.3) is 22.1 Å². The number of furan rings is 1. The normalized spacial score (nSPS) is 16.3. The zero-order valence-electron chi connectivity index (χ0n) is 19.6. The number of hydrogen-bond acceptors (Lipinski definition) is 6. The predicted octanol–water partition coefficient (Wildman–Crippen LogP) is 4.15. The number of benzene rings is 2. The first-order chi connectivity index (χ1) is 17.4. The van der Waals surface area contributed by atoms with E-state index in [2.05, 4.69) is 15.6 Å². The van der Waals surface area contributed by atoms with Crippen molar-refractivity contribution in [2.24, 2.45) is 0 Å². The monoisotopic (exact) mass is 508 g/mol. The maximum absolute atomic E-state index is 14.5. The lowest BCUT2D eigenvalue weighted by Crippen LogP contribution is -2.45. The Labute approximate surface area is 208 Å². The second-order valence-electron chi connectivity index (χ2n) is 8.58. The molecule has 1 fully saturated rings. The van der Waals surface area contributed by atoms with Crippen LogP contribution < -0.4 is 10.6 Å². The van der Waals surface area contributed by atoms with Gasteiger partial charge in [0.1, 0.15) is 23.3 Å². The first kappa shape index (κ1) is 24.0. The number of nitrogens with zero attached hydrogens (tertiary/aromatic N) is 2. The molecule has 1 amide bonds. The van der Waals surface area contributed by atoms with E-state index in [0.29, 0.717) is 35.2 Å². The maximum atomic E-state index is 14.5. The minimum absolute atomic E-state index is 0.0738. The van der Waals surface area contributed by atoms with Crippen molar-refractivity contribution in [3.8, 4) is 11.1 Å². The Morgan fingerprint density at radius 2 is 1.94 bits per heavy atom. The van der Waals surface area contributed by atoms with Crippen LogP contribution >= 0.6 is 0 Å². The first-order valence-electron chi connectivity index (χ1n) is 11.6. The van der Waals surface area contributed by atoms with E-state index in [9.17, 15) is 17.6 Å². The number of nitrogens with one attached hydrogen (secondary N) is 2. The fourth-order valence-corrected chi connectivity index (χ4v) is 6.00. The van der Waals surface area contributed by atoms with E-state index in [1.807, 2.05) is 12.1 Å². The molecule has 8 nitrogen and oxygen atoms in total. The zero-order valence-corrected chi connectivity index (χ0v) is 20.4. The van der Waals surface area contributed by atoms with Gasteiger partial charge < -0.3 is 15.1 Å². The molecule has 5 rings (SSSR count). The van der Waals surface area contributed by atoms with E-state index >= 15 is 0 Å². The number of sulfonamides is 1. The van der Waals surface area contributed by atoms with Crippen LogP contribution in [0.5, 0.6) is 0 Å². The molecule has 0 aliphatic carbocycles. The molecule has 0 spiro atoms. The highest BCUT2D eigenvalue weighted by Crippen LogP contribution is 2.30. The molecule has 0 radical (unpaired) electrons. The molecule has 0 unspecified atom stereocenters. The van der Waals surface area contributed by atoms with Crippen molar-refractivity contribution in [3.05, 3.63) is 78.2 Å². The number of halogens is 1. The van der Waals surface area contributed by atoms with Gasteiger partial charge in [-0.15, -0.1) is 0 Å². The second-order valence-corrected chi connectivity index (χ2v) is 10.4. The van der Waals surface area contributed by atoms with Crippen molar-refractivity contribution in [3.63, 3.8) is 0 Å². The summed E-state index contributed by atoms with van der Waals surface area (Å²) in [6, 6.07) is 15.9. The van der Waals surface area contributed by atoms with E-state index in [4.69, 9.17) is 4.42 Å². The molecule has 0 saturated carbocycles. The average molecular weight is 509 g/mol. The third kappa shape index (κ3) is 4.57. The first-order valence-corrected chi connectivity index (χ1v) is 13.0. The van der Waals surface area contributed by atoms with Gasteiger partial charge in [-0.25, -0.2) is 17.8 Å². The Hall–Kier alpha value is -3.76. The Morgan fingerprint density at radius 1 is 1.14 bits per heavy atom. The summed E-state index contributed by atoms with van der Waals surface area (Å²) >= 11 is 0. The molecule has 1 aliphatic rings. The fraction of sp³-hybridized carbons (Fsp3) is 0.231. The molecule has 2 aromatic carbocycles. The van der Waals surface area contributed by atoms with Crippen LogP contribution in [0, 0.1) is 5.82 Å². The zero-order chi connectivity index (χ0) is 25.3. The van der Waals surface area contributed by atoms with E-state index in [-0.39, 0.29) is 18.2 Å². The van der Waals surface area contributed by atoms with Crippen LogP contribution in [-0.2, 0) is 21.4 Å². The number of aromatic nitrogens is 1. The van der Waals surface area contributed by atoms with E-state index in [1.165, 1.54) is 16.4 Å². The van der Waals surface area contributed by atoms with Crippen molar-refractivity contribution in [2.75, 3.05) is 18.9 Å². The number of rotatable bonds is 7. The number of carbonyl (C=O) groups excluding carboxylic acids is 1. The number of para-hydroxylation sites is 1. The minimum Gasteiger partial charge on any atom is -0.443 e. The molecule has 1 aliphatic heterocycles. The van der Waals surface area contributed by atoms with Crippen LogP contribution in [0.2, 0.25) is 0 Å². The highest BCUT2D eigenvalue weighted by atomic mass is 32.2. The molecule has 4 aromatic rings. The van der Waals surface area contributed by atoms with E-state index in [0.717, 1.165) is 11.1 Å². The van der Waals surface area contributed by atoms with Crippen molar-refractivity contribution in [2.45, 2.75) is 30.5 Å². The van der Waals surface area contributed by atoms with Crippen LogP contribution in [0.3, 0.4) is 0 Å². The summed E-state index contributed by atoms with van der Waals surface area (Å²) in [6.45, 7) is 0.131. The molecule has 2 N–H and O–H groups in total. The average Bonchev–Trinajstić information content (AvgIpc) is 3.57. The van der Waals surface area contributed by atoms with Crippen LogP contribution in [-0.4, -0.2) is 43.2 Å². The molecular weight excluding hydrogens is 483 g/mol. The highest BCUT2D eigenvalue weighted by molar-refractivity contribution is 7.89. The molecule has 186 valence electrons. The molecule has 1 atom stereocenters. The number of carbonyl (C=O) groups is 1. The third-order valence-corrected chi connectivity index (χ3v) is 8.09. The summed E-state index contributed by atoms with van der Waals surface area (Å²) in [6.07, 6.45) is 2.59. The summed E-state index contributed by atoms with van der Waals surface area (Å²) in [4.78, 5) is 17.3. The minimum atomic E-state index is -4.01. The van der Waals surface area contributed by atoms with Gasteiger partial charge in [0, 0.05) is 48.9 Å². The van der Waals surface area contributed by atoms with Crippen LogP contribution in [0.4, 0.5) is 10.2 Å².